The fourth-order valence-corrected chi connectivity index (χ4v) is 4.43. The highest BCUT2D eigenvalue weighted by Crippen LogP contribution is 2.38. The van der Waals surface area contributed by atoms with E-state index in [1.54, 1.807) is 4.31 Å². The molecule has 1 saturated heterocycles. The first kappa shape index (κ1) is 12.9. The monoisotopic (exact) mass is 282 g/mol. The molecule has 1 aromatic rings. The van der Waals surface area contributed by atoms with Crippen LogP contribution >= 0.6 is 0 Å². The van der Waals surface area contributed by atoms with Crippen molar-refractivity contribution >= 4 is 15.9 Å². The Bertz CT molecular complexity index is 567. The van der Waals surface area contributed by atoms with E-state index in [1.807, 2.05) is 24.3 Å². The highest BCUT2D eigenvalue weighted by molar-refractivity contribution is 7.90. The fourth-order valence-electron chi connectivity index (χ4n) is 2.71. The zero-order valence-electron chi connectivity index (χ0n) is 10.9. The number of hydrogen-bond acceptors (Lipinski definition) is 3. The van der Waals surface area contributed by atoms with Crippen LogP contribution in [0.25, 0.3) is 0 Å². The van der Waals surface area contributed by atoms with Crippen molar-refractivity contribution in [3.8, 4) is 0 Å². The number of fused-ring (bicyclic) bond motifs is 1. The predicted molar refractivity (Wildman–Crippen MR) is 73.5 cm³/mol. The quantitative estimate of drug-likeness (QED) is 0.818. The summed E-state index contributed by atoms with van der Waals surface area (Å²) >= 11 is 0. The second kappa shape index (κ2) is 4.77. The number of benzene rings is 1. The lowest BCUT2D eigenvalue weighted by atomic mass is 10.0. The summed E-state index contributed by atoms with van der Waals surface area (Å²) in [6, 6.07) is 7.74. The first-order valence-electron chi connectivity index (χ1n) is 6.55. The van der Waals surface area contributed by atoms with Gasteiger partial charge < -0.3 is 4.74 Å². The number of nitrogens with zero attached hydrogens (tertiary/aromatic N) is 2. The second-order valence-electron chi connectivity index (χ2n) is 5.01. The summed E-state index contributed by atoms with van der Waals surface area (Å²) in [5.41, 5.74) is 1.93. The van der Waals surface area contributed by atoms with Gasteiger partial charge in [-0.2, -0.15) is 12.7 Å². The van der Waals surface area contributed by atoms with Crippen molar-refractivity contribution in [3.05, 3.63) is 29.8 Å². The van der Waals surface area contributed by atoms with Gasteiger partial charge in [-0.25, -0.2) is 0 Å². The first-order chi connectivity index (χ1) is 9.10. The second-order valence-corrected chi connectivity index (χ2v) is 6.86. The number of morpholine rings is 1. The summed E-state index contributed by atoms with van der Waals surface area (Å²) in [5.74, 6) is 0.243. The molecule has 0 N–H and O–H groups in total. The topological polar surface area (TPSA) is 49.9 Å². The number of rotatable bonds is 2. The molecule has 0 aliphatic carbocycles. The summed E-state index contributed by atoms with van der Waals surface area (Å²) in [6.45, 7) is 4.42. The zero-order valence-corrected chi connectivity index (χ0v) is 11.8. The molecule has 2 heterocycles. The predicted octanol–water partition coefficient (Wildman–Crippen LogP) is 1.19. The van der Waals surface area contributed by atoms with E-state index < -0.39 is 10.2 Å². The lowest BCUT2D eigenvalue weighted by molar-refractivity contribution is 0.0729. The Balaban J connectivity index is 1.95. The molecule has 1 aromatic carbocycles. The molecular formula is C13H18N2O3S. The van der Waals surface area contributed by atoms with E-state index in [0.717, 1.165) is 11.3 Å². The molecule has 104 valence electrons. The Kier molecular flexibility index (Phi) is 3.24. The first-order valence-corrected chi connectivity index (χ1v) is 7.95. The van der Waals surface area contributed by atoms with Gasteiger partial charge in [0.05, 0.1) is 18.9 Å². The lowest BCUT2D eigenvalue weighted by Gasteiger charge is -2.31. The van der Waals surface area contributed by atoms with Crippen LogP contribution in [0.3, 0.4) is 0 Å². The summed E-state index contributed by atoms with van der Waals surface area (Å²) < 4.78 is 33.7. The molecule has 19 heavy (non-hydrogen) atoms. The van der Waals surface area contributed by atoms with Gasteiger partial charge >= 0.3 is 10.2 Å². The molecule has 1 atom stereocenters. The summed E-state index contributed by atoms with van der Waals surface area (Å²) in [4.78, 5) is 0. The molecule has 5 nitrogen and oxygen atoms in total. The van der Waals surface area contributed by atoms with Crippen LogP contribution in [0.1, 0.15) is 18.4 Å². The molecule has 0 radical (unpaired) electrons. The van der Waals surface area contributed by atoms with Crippen LogP contribution in [0.4, 0.5) is 5.69 Å². The van der Waals surface area contributed by atoms with Crippen LogP contribution < -0.4 is 4.31 Å². The maximum Gasteiger partial charge on any atom is 0.304 e. The van der Waals surface area contributed by atoms with E-state index in [-0.39, 0.29) is 5.92 Å². The minimum absolute atomic E-state index is 0.243. The van der Waals surface area contributed by atoms with Crippen molar-refractivity contribution in [2.75, 3.05) is 37.2 Å². The molecule has 0 bridgehead atoms. The Labute approximate surface area is 114 Å². The molecule has 3 rings (SSSR count). The van der Waals surface area contributed by atoms with Crippen molar-refractivity contribution in [2.24, 2.45) is 0 Å². The van der Waals surface area contributed by atoms with Gasteiger partial charge in [0.1, 0.15) is 0 Å². The maximum atomic E-state index is 12.7. The van der Waals surface area contributed by atoms with Crippen molar-refractivity contribution in [1.82, 2.24) is 4.31 Å². The highest BCUT2D eigenvalue weighted by Gasteiger charge is 2.37. The van der Waals surface area contributed by atoms with Crippen LogP contribution in [0.15, 0.2) is 24.3 Å². The third-order valence-corrected chi connectivity index (χ3v) is 5.67. The van der Waals surface area contributed by atoms with E-state index >= 15 is 0 Å². The van der Waals surface area contributed by atoms with Crippen LogP contribution in [0.2, 0.25) is 0 Å². The summed E-state index contributed by atoms with van der Waals surface area (Å²) in [5, 5.41) is 0. The number of ether oxygens (including phenoxy) is 1. The maximum absolute atomic E-state index is 12.7. The van der Waals surface area contributed by atoms with Crippen molar-refractivity contribution < 1.29 is 13.2 Å². The Morgan fingerprint density at radius 3 is 2.63 bits per heavy atom. The van der Waals surface area contributed by atoms with Gasteiger partial charge in [-0.3, -0.25) is 4.31 Å². The normalized spacial score (nSPS) is 24.5. The fraction of sp³-hybridized carbons (Fsp3) is 0.538. The average Bonchev–Trinajstić information content (AvgIpc) is 2.79. The molecule has 1 fully saturated rings. The molecule has 2 aliphatic heterocycles. The SMILES string of the molecule is C[C@@H]1CN(S(=O)(=O)N2CCOCC2)c2ccccc21. The highest BCUT2D eigenvalue weighted by atomic mass is 32.2. The van der Waals surface area contributed by atoms with E-state index in [2.05, 4.69) is 6.92 Å². The van der Waals surface area contributed by atoms with Gasteiger partial charge in [0, 0.05) is 25.6 Å². The Morgan fingerprint density at radius 2 is 1.89 bits per heavy atom. The van der Waals surface area contributed by atoms with Crippen molar-refractivity contribution in [2.45, 2.75) is 12.8 Å². The largest absolute Gasteiger partial charge is 0.379 e. The molecule has 0 aromatic heterocycles. The Hall–Kier alpha value is -1.11. The van der Waals surface area contributed by atoms with Crippen LogP contribution in [0, 0.1) is 0 Å². The van der Waals surface area contributed by atoms with E-state index in [0.29, 0.717) is 32.8 Å². The summed E-state index contributed by atoms with van der Waals surface area (Å²) in [6.07, 6.45) is 0. The van der Waals surface area contributed by atoms with E-state index in [1.165, 1.54) is 4.31 Å². The van der Waals surface area contributed by atoms with Gasteiger partial charge in [-0.15, -0.1) is 0 Å². The van der Waals surface area contributed by atoms with Gasteiger partial charge in [0.15, 0.2) is 0 Å². The third kappa shape index (κ3) is 2.13. The van der Waals surface area contributed by atoms with Gasteiger partial charge in [-0.1, -0.05) is 25.1 Å². The zero-order chi connectivity index (χ0) is 13.5. The Morgan fingerprint density at radius 1 is 1.21 bits per heavy atom. The number of hydrogen-bond donors (Lipinski definition) is 0. The molecule has 6 heteroatoms. The average molecular weight is 282 g/mol. The standard InChI is InChI=1S/C13H18N2O3S/c1-11-10-15(13-5-3-2-4-12(11)13)19(16,17)14-6-8-18-9-7-14/h2-5,11H,6-10H2,1H3/t11-/m1/s1. The van der Waals surface area contributed by atoms with Crippen LogP contribution in [0.5, 0.6) is 0 Å². The lowest BCUT2D eigenvalue weighted by Crippen LogP contribution is -2.48. The molecular weight excluding hydrogens is 264 g/mol. The molecule has 0 amide bonds. The van der Waals surface area contributed by atoms with Gasteiger partial charge in [0.25, 0.3) is 0 Å². The van der Waals surface area contributed by atoms with Gasteiger partial charge in [0.2, 0.25) is 0 Å². The van der Waals surface area contributed by atoms with Crippen molar-refractivity contribution in [1.29, 1.82) is 0 Å². The van der Waals surface area contributed by atoms with Crippen LogP contribution in [-0.4, -0.2) is 45.6 Å². The summed E-state index contributed by atoms with van der Waals surface area (Å²) in [7, 11) is -3.42. The smallest absolute Gasteiger partial charge is 0.304 e. The molecule has 2 aliphatic rings. The molecule has 0 spiro atoms. The van der Waals surface area contributed by atoms with Crippen molar-refractivity contribution in [3.63, 3.8) is 0 Å². The molecule has 0 saturated carbocycles. The van der Waals surface area contributed by atoms with Crippen LogP contribution in [-0.2, 0) is 14.9 Å². The minimum Gasteiger partial charge on any atom is -0.379 e. The molecule has 0 unspecified atom stereocenters. The third-order valence-electron chi connectivity index (χ3n) is 3.75. The van der Waals surface area contributed by atoms with E-state index in [9.17, 15) is 8.42 Å². The minimum atomic E-state index is -3.42. The van der Waals surface area contributed by atoms with Gasteiger partial charge in [-0.05, 0) is 11.6 Å². The number of anilines is 1. The van der Waals surface area contributed by atoms with E-state index in [4.69, 9.17) is 4.74 Å². The number of para-hydroxylation sites is 1.